The van der Waals surface area contributed by atoms with Gasteiger partial charge in [0.15, 0.2) is 6.61 Å². The molecule has 144 valence electrons. The zero-order valence-corrected chi connectivity index (χ0v) is 17.9. The van der Waals surface area contributed by atoms with Crippen molar-refractivity contribution < 1.29 is 14.3 Å². The normalized spacial score (nSPS) is 11.6. The third-order valence-corrected chi connectivity index (χ3v) is 4.92. The van der Waals surface area contributed by atoms with Gasteiger partial charge in [0, 0.05) is 23.1 Å². The van der Waals surface area contributed by atoms with Crippen molar-refractivity contribution in [1.29, 1.82) is 0 Å². The lowest BCUT2D eigenvalue weighted by Gasteiger charge is -2.28. The number of nitrogens with zero attached hydrogens (tertiary/aromatic N) is 1. The van der Waals surface area contributed by atoms with Crippen LogP contribution in [0.2, 0.25) is 10.0 Å². The van der Waals surface area contributed by atoms with Gasteiger partial charge in [-0.25, -0.2) is 0 Å². The lowest BCUT2D eigenvalue weighted by molar-refractivity contribution is -0.142. The Bertz CT molecular complexity index is 832. The Morgan fingerprint density at radius 1 is 1.22 bits per heavy atom. The molecular formula is C19H19BrCl2N2O3. The average Bonchev–Trinajstić information content (AvgIpc) is 2.64. The van der Waals surface area contributed by atoms with Crippen molar-refractivity contribution in [1.82, 2.24) is 10.2 Å². The second-order valence-electron chi connectivity index (χ2n) is 5.81. The molecule has 0 aromatic heterocycles. The van der Waals surface area contributed by atoms with E-state index in [-0.39, 0.29) is 25.0 Å². The fourth-order valence-electron chi connectivity index (χ4n) is 2.44. The Labute approximate surface area is 176 Å². The maximum Gasteiger partial charge on any atom is 0.261 e. The largest absolute Gasteiger partial charge is 0.482 e. The molecule has 27 heavy (non-hydrogen) atoms. The van der Waals surface area contributed by atoms with Crippen LogP contribution < -0.4 is 10.1 Å². The van der Waals surface area contributed by atoms with Crippen molar-refractivity contribution in [3.8, 4) is 5.75 Å². The van der Waals surface area contributed by atoms with Crippen LogP contribution in [0.25, 0.3) is 0 Å². The van der Waals surface area contributed by atoms with Crippen LogP contribution in [-0.4, -0.2) is 36.4 Å². The molecule has 0 aliphatic heterocycles. The highest BCUT2D eigenvalue weighted by Crippen LogP contribution is 2.27. The number of hydrogen-bond acceptors (Lipinski definition) is 3. The summed E-state index contributed by atoms with van der Waals surface area (Å²) in [7, 11) is 1.53. The predicted octanol–water partition coefficient (Wildman–Crippen LogP) is 4.30. The van der Waals surface area contributed by atoms with E-state index < -0.39 is 6.04 Å². The van der Waals surface area contributed by atoms with Gasteiger partial charge in [0.2, 0.25) is 5.91 Å². The molecule has 0 aliphatic rings. The molecule has 2 aromatic rings. The lowest BCUT2D eigenvalue weighted by Crippen LogP contribution is -2.48. The van der Waals surface area contributed by atoms with Crippen molar-refractivity contribution >= 4 is 50.9 Å². The van der Waals surface area contributed by atoms with Gasteiger partial charge in [-0.2, -0.15) is 0 Å². The first kappa shape index (κ1) is 21.5. The number of rotatable bonds is 7. The number of nitrogens with one attached hydrogen (secondary N) is 1. The van der Waals surface area contributed by atoms with E-state index in [1.165, 1.54) is 18.0 Å². The van der Waals surface area contributed by atoms with Gasteiger partial charge in [0.1, 0.15) is 11.8 Å². The number of amides is 2. The van der Waals surface area contributed by atoms with E-state index in [1.807, 2.05) is 24.3 Å². The summed E-state index contributed by atoms with van der Waals surface area (Å²) in [6.07, 6.45) is 0. The number of carbonyl (C=O) groups is 2. The summed E-state index contributed by atoms with van der Waals surface area (Å²) >= 11 is 15.3. The highest BCUT2D eigenvalue weighted by atomic mass is 79.9. The minimum absolute atomic E-state index is 0.253. The second kappa shape index (κ2) is 9.97. The van der Waals surface area contributed by atoms with Gasteiger partial charge < -0.3 is 15.0 Å². The van der Waals surface area contributed by atoms with Crippen LogP contribution >= 0.6 is 39.1 Å². The Kier molecular flexibility index (Phi) is 7.95. The number of likely N-dealkylation sites (N-methyl/N-ethyl adjacent to an activating group) is 1. The standard InChI is InChI=1S/C19H19BrCl2N2O3/c1-12(19(26)23-2)24(10-13-4-3-5-14(20)8-13)18(25)11-27-17-7-6-15(21)9-16(17)22/h3-9,12H,10-11H2,1-2H3,(H,23,26). The molecule has 2 amide bonds. The van der Waals surface area contributed by atoms with Crippen LogP contribution in [0.1, 0.15) is 12.5 Å². The van der Waals surface area contributed by atoms with Crippen molar-refractivity contribution in [3.63, 3.8) is 0 Å². The van der Waals surface area contributed by atoms with Crippen molar-refractivity contribution in [2.45, 2.75) is 19.5 Å². The van der Waals surface area contributed by atoms with E-state index in [2.05, 4.69) is 21.2 Å². The Morgan fingerprint density at radius 2 is 1.96 bits per heavy atom. The zero-order valence-electron chi connectivity index (χ0n) is 14.8. The minimum Gasteiger partial charge on any atom is -0.482 e. The number of carbonyl (C=O) groups excluding carboxylic acids is 2. The Balaban J connectivity index is 2.15. The first-order chi connectivity index (χ1) is 12.8. The van der Waals surface area contributed by atoms with Gasteiger partial charge in [-0.15, -0.1) is 0 Å². The number of benzene rings is 2. The SMILES string of the molecule is CNC(=O)C(C)N(Cc1cccc(Br)c1)C(=O)COc1ccc(Cl)cc1Cl. The van der Waals surface area contributed by atoms with E-state index in [4.69, 9.17) is 27.9 Å². The van der Waals surface area contributed by atoms with Crippen LogP contribution in [-0.2, 0) is 16.1 Å². The van der Waals surface area contributed by atoms with Crippen LogP contribution in [0.4, 0.5) is 0 Å². The molecule has 0 fully saturated rings. The highest BCUT2D eigenvalue weighted by molar-refractivity contribution is 9.10. The molecule has 0 radical (unpaired) electrons. The Hall–Kier alpha value is -1.76. The summed E-state index contributed by atoms with van der Waals surface area (Å²) in [6, 6.07) is 11.6. The van der Waals surface area contributed by atoms with Crippen molar-refractivity contribution in [2.24, 2.45) is 0 Å². The molecule has 0 aliphatic carbocycles. The van der Waals surface area contributed by atoms with E-state index in [0.29, 0.717) is 15.8 Å². The molecule has 1 N–H and O–H groups in total. The molecule has 0 saturated heterocycles. The minimum atomic E-state index is -0.661. The summed E-state index contributed by atoms with van der Waals surface area (Å²) in [4.78, 5) is 26.3. The number of ether oxygens (including phenoxy) is 1. The molecule has 2 rings (SSSR count). The van der Waals surface area contributed by atoms with Crippen molar-refractivity contribution in [3.05, 3.63) is 62.5 Å². The molecule has 0 heterocycles. The first-order valence-electron chi connectivity index (χ1n) is 8.15. The summed E-state index contributed by atoms with van der Waals surface area (Å²) in [6.45, 7) is 1.69. The van der Waals surface area contributed by atoms with Gasteiger partial charge in [-0.1, -0.05) is 51.3 Å². The van der Waals surface area contributed by atoms with E-state index in [9.17, 15) is 9.59 Å². The van der Waals surface area contributed by atoms with Crippen LogP contribution in [0.5, 0.6) is 5.75 Å². The van der Waals surface area contributed by atoms with Crippen LogP contribution in [0, 0.1) is 0 Å². The highest BCUT2D eigenvalue weighted by Gasteiger charge is 2.26. The quantitative estimate of drug-likeness (QED) is 0.652. The van der Waals surface area contributed by atoms with Gasteiger partial charge in [-0.05, 0) is 42.8 Å². The molecule has 8 heteroatoms. The fraction of sp³-hybridized carbons (Fsp3) is 0.263. The van der Waals surface area contributed by atoms with Gasteiger partial charge in [0.05, 0.1) is 5.02 Å². The third-order valence-electron chi connectivity index (χ3n) is 3.90. The molecule has 2 aromatic carbocycles. The monoisotopic (exact) mass is 472 g/mol. The first-order valence-corrected chi connectivity index (χ1v) is 9.70. The molecule has 1 atom stereocenters. The topological polar surface area (TPSA) is 58.6 Å². The fourth-order valence-corrected chi connectivity index (χ4v) is 3.35. The number of halogens is 3. The molecule has 1 unspecified atom stereocenters. The maximum absolute atomic E-state index is 12.8. The average molecular weight is 474 g/mol. The summed E-state index contributed by atoms with van der Waals surface area (Å²) < 4.78 is 6.43. The van der Waals surface area contributed by atoms with E-state index in [1.54, 1.807) is 19.1 Å². The third kappa shape index (κ3) is 6.13. The van der Waals surface area contributed by atoms with E-state index >= 15 is 0 Å². The van der Waals surface area contributed by atoms with Crippen LogP contribution in [0.3, 0.4) is 0 Å². The van der Waals surface area contributed by atoms with Gasteiger partial charge in [0.25, 0.3) is 5.91 Å². The molecule has 0 spiro atoms. The summed E-state index contributed by atoms with van der Waals surface area (Å²) in [5.41, 5.74) is 0.887. The predicted molar refractivity (Wildman–Crippen MR) is 110 cm³/mol. The number of hydrogen-bond donors (Lipinski definition) is 1. The maximum atomic E-state index is 12.8. The lowest BCUT2D eigenvalue weighted by atomic mass is 10.1. The molecular weight excluding hydrogens is 455 g/mol. The Morgan fingerprint density at radius 3 is 2.59 bits per heavy atom. The summed E-state index contributed by atoms with van der Waals surface area (Å²) in [5, 5.41) is 3.36. The zero-order chi connectivity index (χ0) is 20.0. The summed E-state index contributed by atoms with van der Waals surface area (Å²) in [5.74, 6) is -0.246. The second-order valence-corrected chi connectivity index (χ2v) is 7.56. The molecule has 0 bridgehead atoms. The van der Waals surface area contributed by atoms with Gasteiger partial charge in [-0.3, -0.25) is 9.59 Å². The van der Waals surface area contributed by atoms with Crippen molar-refractivity contribution in [2.75, 3.05) is 13.7 Å². The molecule has 5 nitrogen and oxygen atoms in total. The van der Waals surface area contributed by atoms with Crippen LogP contribution in [0.15, 0.2) is 46.9 Å². The molecule has 0 saturated carbocycles. The smallest absolute Gasteiger partial charge is 0.261 e. The van der Waals surface area contributed by atoms with E-state index in [0.717, 1.165) is 10.0 Å². The van der Waals surface area contributed by atoms with Gasteiger partial charge >= 0.3 is 0 Å².